The molecule has 0 spiro atoms. The van der Waals surface area contributed by atoms with E-state index in [4.69, 9.17) is 5.73 Å². The van der Waals surface area contributed by atoms with Crippen molar-refractivity contribution in [2.24, 2.45) is 5.73 Å². The molecular formula is C11H21N3O. The zero-order valence-electron chi connectivity index (χ0n) is 9.32. The molecule has 0 aliphatic carbocycles. The predicted octanol–water partition coefficient (Wildman–Crippen LogP) is 0.0319. The Morgan fingerprint density at radius 3 is 2.53 bits per heavy atom. The fourth-order valence-electron chi connectivity index (χ4n) is 2.44. The maximum Gasteiger partial charge on any atom is 0.236 e. The summed E-state index contributed by atoms with van der Waals surface area (Å²) in [6.45, 7) is 4.37. The molecule has 4 nitrogen and oxygen atoms in total. The van der Waals surface area contributed by atoms with Crippen molar-refractivity contribution in [2.75, 3.05) is 32.7 Å². The van der Waals surface area contributed by atoms with Crippen LogP contribution in [0.2, 0.25) is 0 Å². The summed E-state index contributed by atoms with van der Waals surface area (Å²) < 4.78 is 0. The van der Waals surface area contributed by atoms with Crippen LogP contribution in [-0.4, -0.2) is 54.5 Å². The molecule has 2 rings (SSSR count). The molecule has 0 bridgehead atoms. The fraction of sp³-hybridized carbons (Fsp3) is 0.909. The lowest BCUT2D eigenvalue weighted by Gasteiger charge is -2.28. The van der Waals surface area contributed by atoms with Crippen molar-refractivity contribution >= 4 is 5.91 Å². The van der Waals surface area contributed by atoms with Crippen molar-refractivity contribution in [3.63, 3.8) is 0 Å². The maximum absolute atomic E-state index is 11.9. The minimum absolute atomic E-state index is 0.277. The third-order valence-electron chi connectivity index (χ3n) is 3.38. The summed E-state index contributed by atoms with van der Waals surface area (Å²) in [4.78, 5) is 16.1. The molecule has 2 fully saturated rings. The van der Waals surface area contributed by atoms with Crippen LogP contribution in [0.15, 0.2) is 0 Å². The van der Waals surface area contributed by atoms with Crippen LogP contribution in [-0.2, 0) is 4.79 Å². The maximum atomic E-state index is 11.9. The Hall–Kier alpha value is -0.610. The molecule has 0 aromatic carbocycles. The van der Waals surface area contributed by atoms with Crippen LogP contribution in [0.5, 0.6) is 0 Å². The van der Waals surface area contributed by atoms with Crippen LogP contribution < -0.4 is 5.73 Å². The molecule has 2 N–H and O–H groups in total. The Balaban J connectivity index is 1.76. The highest BCUT2D eigenvalue weighted by atomic mass is 16.2. The normalized spacial score (nSPS) is 28.3. The highest BCUT2D eigenvalue weighted by molar-refractivity contribution is 5.78. The lowest BCUT2D eigenvalue weighted by Crippen LogP contribution is -2.42. The molecule has 0 saturated carbocycles. The van der Waals surface area contributed by atoms with Crippen molar-refractivity contribution in [2.45, 2.75) is 31.7 Å². The number of nitrogens with zero attached hydrogens (tertiary/aromatic N) is 2. The number of hydrogen-bond donors (Lipinski definition) is 1. The molecule has 2 aliphatic rings. The molecule has 1 amide bonds. The van der Waals surface area contributed by atoms with E-state index in [1.165, 1.54) is 19.3 Å². The molecule has 15 heavy (non-hydrogen) atoms. The van der Waals surface area contributed by atoms with E-state index in [-0.39, 0.29) is 6.04 Å². The van der Waals surface area contributed by atoms with Gasteiger partial charge >= 0.3 is 0 Å². The van der Waals surface area contributed by atoms with Crippen LogP contribution in [0, 0.1) is 0 Å². The van der Waals surface area contributed by atoms with Gasteiger partial charge in [0, 0.05) is 32.2 Å². The molecular weight excluding hydrogens is 190 g/mol. The molecule has 0 aromatic heterocycles. The van der Waals surface area contributed by atoms with E-state index in [1.54, 1.807) is 0 Å². The lowest BCUT2D eigenvalue weighted by atomic mass is 10.1. The molecule has 2 heterocycles. The second-order valence-corrected chi connectivity index (χ2v) is 4.73. The summed E-state index contributed by atoms with van der Waals surface area (Å²) in [5, 5.41) is 0. The third-order valence-corrected chi connectivity index (χ3v) is 3.38. The van der Waals surface area contributed by atoms with Crippen molar-refractivity contribution in [3.05, 3.63) is 0 Å². The zero-order chi connectivity index (χ0) is 10.7. The van der Waals surface area contributed by atoms with Gasteiger partial charge in [0.2, 0.25) is 5.91 Å². The summed E-state index contributed by atoms with van der Waals surface area (Å²) >= 11 is 0. The molecule has 2 aliphatic heterocycles. The van der Waals surface area contributed by atoms with E-state index >= 15 is 0 Å². The van der Waals surface area contributed by atoms with Gasteiger partial charge in [-0.05, 0) is 25.7 Å². The molecule has 2 saturated heterocycles. The number of amides is 1. The van der Waals surface area contributed by atoms with E-state index in [0.29, 0.717) is 12.5 Å². The largest absolute Gasteiger partial charge is 0.342 e. The Morgan fingerprint density at radius 1 is 1.20 bits per heavy atom. The average Bonchev–Trinajstić information content (AvgIpc) is 2.65. The van der Waals surface area contributed by atoms with Gasteiger partial charge in [0.05, 0.1) is 6.54 Å². The number of piperidine rings is 1. The van der Waals surface area contributed by atoms with Crippen molar-refractivity contribution in [1.29, 1.82) is 0 Å². The van der Waals surface area contributed by atoms with Crippen LogP contribution in [0.25, 0.3) is 0 Å². The topological polar surface area (TPSA) is 49.6 Å². The summed E-state index contributed by atoms with van der Waals surface area (Å²) in [6, 6.07) is 0.277. The number of hydrogen-bond acceptors (Lipinski definition) is 3. The van der Waals surface area contributed by atoms with Crippen LogP contribution in [0.1, 0.15) is 25.7 Å². The van der Waals surface area contributed by atoms with Gasteiger partial charge < -0.3 is 10.6 Å². The minimum Gasteiger partial charge on any atom is -0.342 e. The van der Waals surface area contributed by atoms with Gasteiger partial charge in [-0.15, -0.1) is 0 Å². The molecule has 1 unspecified atom stereocenters. The summed E-state index contributed by atoms with van der Waals surface area (Å²) in [5.74, 6) is 0.295. The molecule has 1 atom stereocenters. The van der Waals surface area contributed by atoms with Gasteiger partial charge in [-0.2, -0.15) is 0 Å². The van der Waals surface area contributed by atoms with E-state index in [0.717, 1.165) is 32.6 Å². The number of rotatable bonds is 2. The average molecular weight is 211 g/mol. The van der Waals surface area contributed by atoms with E-state index in [2.05, 4.69) is 4.90 Å². The summed E-state index contributed by atoms with van der Waals surface area (Å²) in [5.41, 5.74) is 5.81. The number of carbonyl (C=O) groups excluding carboxylic acids is 1. The molecule has 86 valence electrons. The minimum atomic E-state index is 0.277. The first-order chi connectivity index (χ1) is 7.25. The predicted molar refractivity (Wildman–Crippen MR) is 59.5 cm³/mol. The van der Waals surface area contributed by atoms with Crippen molar-refractivity contribution < 1.29 is 4.79 Å². The Morgan fingerprint density at radius 2 is 1.93 bits per heavy atom. The van der Waals surface area contributed by atoms with Gasteiger partial charge in [-0.1, -0.05) is 0 Å². The van der Waals surface area contributed by atoms with E-state index in [1.807, 2.05) is 4.90 Å². The standard InChI is InChI=1S/C11H21N3O/c12-10-4-7-13(8-10)9-11(15)14-5-2-1-3-6-14/h10H,1-9,12H2. The van der Waals surface area contributed by atoms with Crippen LogP contribution >= 0.6 is 0 Å². The molecule has 4 heteroatoms. The fourth-order valence-corrected chi connectivity index (χ4v) is 2.44. The second-order valence-electron chi connectivity index (χ2n) is 4.73. The van der Waals surface area contributed by atoms with Crippen LogP contribution in [0.4, 0.5) is 0 Å². The number of nitrogens with two attached hydrogens (primary N) is 1. The first kappa shape index (κ1) is 10.9. The van der Waals surface area contributed by atoms with Gasteiger partial charge in [-0.25, -0.2) is 0 Å². The summed E-state index contributed by atoms with van der Waals surface area (Å²) in [6.07, 6.45) is 4.65. The summed E-state index contributed by atoms with van der Waals surface area (Å²) in [7, 11) is 0. The van der Waals surface area contributed by atoms with Crippen molar-refractivity contribution in [3.8, 4) is 0 Å². The highest BCUT2D eigenvalue weighted by Gasteiger charge is 2.24. The van der Waals surface area contributed by atoms with Crippen molar-refractivity contribution in [1.82, 2.24) is 9.80 Å². The third kappa shape index (κ3) is 2.92. The quantitative estimate of drug-likeness (QED) is 0.701. The second kappa shape index (κ2) is 4.94. The van der Waals surface area contributed by atoms with Gasteiger partial charge in [0.15, 0.2) is 0 Å². The Kier molecular flexibility index (Phi) is 3.59. The molecule has 0 radical (unpaired) electrons. The molecule has 0 aromatic rings. The van der Waals surface area contributed by atoms with Gasteiger partial charge in [-0.3, -0.25) is 9.69 Å². The number of carbonyl (C=O) groups is 1. The number of likely N-dealkylation sites (tertiary alicyclic amines) is 2. The Labute approximate surface area is 91.4 Å². The SMILES string of the molecule is NC1CCN(CC(=O)N2CCCCC2)C1. The lowest BCUT2D eigenvalue weighted by molar-refractivity contribution is -0.133. The smallest absolute Gasteiger partial charge is 0.236 e. The first-order valence-corrected chi connectivity index (χ1v) is 6.01. The van der Waals surface area contributed by atoms with E-state index < -0.39 is 0 Å². The van der Waals surface area contributed by atoms with Crippen LogP contribution in [0.3, 0.4) is 0 Å². The Bertz CT molecular complexity index is 226. The highest BCUT2D eigenvalue weighted by Crippen LogP contribution is 2.11. The zero-order valence-corrected chi connectivity index (χ0v) is 9.32. The monoisotopic (exact) mass is 211 g/mol. The first-order valence-electron chi connectivity index (χ1n) is 6.01. The van der Waals surface area contributed by atoms with E-state index in [9.17, 15) is 4.79 Å². The van der Waals surface area contributed by atoms with Gasteiger partial charge in [0.25, 0.3) is 0 Å². The van der Waals surface area contributed by atoms with Gasteiger partial charge in [0.1, 0.15) is 0 Å².